The molecular formula is C16H19N3O. The van der Waals surface area contributed by atoms with Crippen molar-refractivity contribution in [1.29, 1.82) is 0 Å². The number of anilines is 1. The SMILES string of the molecule is Cc1cccc(N(C)C(=O)C2CCn3ccnc3C2)c1. The molecule has 1 amide bonds. The van der Waals surface area contributed by atoms with Gasteiger partial charge in [-0.3, -0.25) is 4.79 Å². The van der Waals surface area contributed by atoms with Crippen molar-refractivity contribution in [2.45, 2.75) is 26.3 Å². The van der Waals surface area contributed by atoms with Crippen molar-refractivity contribution >= 4 is 11.6 Å². The Kier molecular flexibility index (Phi) is 3.30. The Labute approximate surface area is 119 Å². The van der Waals surface area contributed by atoms with E-state index in [9.17, 15) is 4.79 Å². The number of rotatable bonds is 2. The average Bonchev–Trinajstić information content (AvgIpc) is 2.93. The molecule has 2 aromatic rings. The predicted molar refractivity (Wildman–Crippen MR) is 78.6 cm³/mol. The van der Waals surface area contributed by atoms with Crippen molar-refractivity contribution in [1.82, 2.24) is 9.55 Å². The zero-order valence-electron chi connectivity index (χ0n) is 11.9. The van der Waals surface area contributed by atoms with E-state index < -0.39 is 0 Å². The number of imidazole rings is 1. The molecule has 4 heteroatoms. The van der Waals surface area contributed by atoms with E-state index in [0.29, 0.717) is 0 Å². The Morgan fingerprint density at radius 1 is 1.45 bits per heavy atom. The van der Waals surface area contributed by atoms with Gasteiger partial charge in [0.15, 0.2) is 0 Å². The molecule has 1 atom stereocenters. The summed E-state index contributed by atoms with van der Waals surface area (Å²) in [7, 11) is 1.86. The third-order valence-corrected chi connectivity index (χ3v) is 4.02. The van der Waals surface area contributed by atoms with Crippen LogP contribution in [0, 0.1) is 12.8 Å². The van der Waals surface area contributed by atoms with Gasteiger partial charge >= 0.3 is 0 Å². The van der Waals surface area contributed by atoms with E-state index in [2.05, 4.69) is 9.55 Å². The molecule has 20 heavy (non-hydrogen) atoms. The number of aryl methyl sites for hydroxylation is 2. The minimum atomic E-state index is 0.0374. The van der Waals surface area contributed by atoms with Crippen molar-refractivity contribution < 1.29 is 4.79 Å². The van der Waals surface area contributed by atoms with Crippen molar-refractivity contribution in [3.8, 4) is 0 Å². The monoisotopic (exact) mass is 269 g/mol. The molecule has 4 nitrogen and oxygen atoms in total. The maximum Gasteiger partial charge on any atom is 0.230 e. The van der Waals surface area contributed by atoms with Crippen LogP contribution in [-0.4, -0.2) is 22.5 Å². The molecule has 0 fully saturated rings. The highest BCUT2D eigenvalue weighted by atomic mass is 16.2. The molecule has 0 radical (unpaired) electrons. The first-order valence-corrected chi connectivity index (χ1v) is 6.99. The first kappa shape index (κ1) is 12.9. The Bertz CT molecular complexity index is 632. The van der Waals surface area contributed by atoms with Gasteiger partial charge < -0.3 is 9.47 Å². The molecule has 1 aliphatic rings. The van der Waals surface area contributed by atoms with Gasteiger partial charge in [-0.25, -0.2) is 4.98 Å². The van der Waals surface area contributed by atoms with Crippen LogP contribution in [0.2, 0.25) is 0 Å². The predicted octanol–water partition coefficient (Wildman–Crippen LogP) is 2.42. The van der Waals surface area contributed by atoms with Crippen LogP contribution in [-0.2, 0) is 17.8 Å². The van der Waals surface area contributed by atoms with Gasteiger partial charge in [0.2, 0.25) is 5.91 Å². The Balaban J connectivity index is 1.76. The lowest BCUT2D eigenvalue weighted by molar-refractivity contribution is -0.122. The molecule has 3 rings (SSSR count). The maximum atomic E-state index is 12.6. The van der Waals surface area contributed by atoms with Crippen molar-refractivity contribution in [2.24, 2.45) is 5.92 Å². The Hall–Kier alpha value is -2.10. The zero-order valence-corrected chi connectivity index (χ0v) is 11.9. The minimum Gasteiger partial charge on any atom is -0.335 e. The summed E-state index contributed by atoms with van der Waals surface area (Å²) in [6, 6.07) is 8.05. The number of carbonyl (C=O) groups is 1. The van der Waals surface area contributed by atoms with Gasteiger partial charge in [-0.15, -0.1) is 0 Å². The highest BCUT2D eigenvalue weighted by Crippen LogP contribution is 2.23. The van der Waals surface area contributed by atoms with E-state index in [1.165, 1.54) is 5.56 Å². The van der Waals surface area contributed by atoms with Crippen LogP contribution in [0.4, 0.5) is 5.69 Å². The smallest absolute Gasteiger partial charge is 0.230 e. The van der Waals surface area contributed by atoms with E-state index in [0.717, 1.165) is 30.9 Å². The van der Waals surface area contributed by atoms with E-state index in [-0.39, 0.29) is 11.8 Å². The standard InChI is InChI=1S/C16H19N3O/c1-12-4-3-5-14(10-12)18(2)16(20)13-6-8-19-9-7-17-15(19)11-13/h3-5,7,9-10,13H,6,8,11H2,1-2H3. The van der Waals surface area contributed by atoms with Gasteiger partial charge in [-0.05, 0) is 31.0 Å². The zero-order chi connectivity index (χ0) is 14.1. The molecule has 2 heterocycles. The summed E-state index contributed by atoms with van der Waals surface area (Å²) in [5.74, 6) is 1.24. The second-order valence-electron chi connectivity index (χ2n) is 5.46. The van der Waals surface area contributed by atoms with Crippen LogP contribution in [0.25, 0.3) is 0 Å². The second-order valence-corrected chi connectivity index (χ2v) is 5.46. The summed E-state index contributed by atoms with van der Waals surface area (Å²) in [5, 5.41) is 0. The maximum absolute atomic E-state index is 12.6. The van der Waals surface area contributed by atoms with Crippen LogP contribution in [0.3, 0.4) is 0 Å². The quantitative estimate of drug-likeness (QED) is 0.839. The van der Waals surface area contributed by atoms with Gasteiger partial charge in [0.1, 0.15) is 5.82 Å². The number of aromatic nitrogens is 2. The summed E-state index contributed by atoms with van der Waals surface area (Å²) in [6.07, 6.45) is 5.42. The van der Waals surface area contributed by atoms with E-state index in [1.807, 2.05) is 50.6 Å². The first-order valence-electron chi connectivity index (χ1n) is 6.99. The van der Waals surface area contributed by atoms with Gasteiger partial charge in [-0.1, -0.05) is 12.1 Å². The molecule has 1 aromatic heterocycles. The normalized spacial score (nSPS) is 17.6. The molecular weight excluding hydrogens is 250 g/mol. The summed E-state index contributed by atoms with van der Waals surface area (Å²) in [6.45, 7) is 2.92. The van der Waals surface area contributed by atoms with Crippen molar-refractivity contribution in [3.05, 3.63) is 48.0 Å². The lowest BCUT2D eigenvalue weighted by atomic mass is 9.96. The summed E-state index contributed by atoms with van der Waals surface area (Å²) < 4.78 is 2.14. The van der Waals surface area contributed by atoms with Gasteiger partial charge in [0.25, 0.3) is 0 Å². The topological polar surface area (TPSA) is 38.1 Å². The van der Waals surface area contributed by atoms with Gasteiger partial charge in [0, 0.05) is 44.0 Å². The number of hydrogen-bond donors (Lipinski definition) is 0. The van der Waals surface area contributed by atoms with Crippen LogP contribution in [0.15, 0.2) is 36.7 Å². The highest BCUT2D eigenvalue weighted by Gasteiger charge is 2.28. The third-order valence-electron chi connectivity index (χ3n) is 4.02. The van der Waals surface area contributed by atoms with Crippen LogP contribution >= 0.6 is 0 Å². The molecule has 104 valence electrons. The average molecular weight is 269 g/mol. The van der Waals surface area contributed by atoms with E-state index in [1.54, 1.807) is 4.90 Å². The van der Waals surface area contributed by atoms with Crippen LogP contribution < -0.4 is 4.90 Å². The lowest BCUT2D eigenvalue weighted by Crippen LogP contribution is -2.37. The number of carbonyl (C=O) groups excluding carboxylic acids is 1. The number of benzene rings is 1. The number of amides is 1. The molecule has 1 aromatic carbocycles. The fourth-order valence-electron chi connectivity index (χ4n) is 2.80. The minimum absolute atomic E-state index is 0.0374. The van der Waals surface area contributed by atoms with Gasteiger partial charge in [0.05, 0.1) is 0 Å². The molecule has 0 spiro atoms. The summed E-state index contributed by atoms with van der Waals surface area (Å²) in [4.78, 5) is 18.7. The number of nitrogens with zero attached hydrogens (tertiary/aromatic N) is 3. The second kappa shape index (κ2) is 5.12. The summed E-state index contributed by atoms with van der Waals surface area (Å²) in [5.41, 5.74) is 2.13. The third kappa shape index (κ3) is 2.33. The largest absolute Gasteiger partial charge is 0.335 e. The molecule has 0 aliphatic carbocycles. The molecule has 0 N–H and O–H groups in total. The Morgan fingerprint density at radius 2 is 2.30 bits per heavy atom. The number of fused-ring (bicyclic) bond motifs is 1. The van der Waals surface area contributed by atoms with Crippen LogP contribution in [0.5, 0.6) is 0 Å². The number of hydrogen-bond acceptors (Lipinski definition) is 2. The van der Waals surface area contributed by atoms with Crippen LogP contribution in [0.1, 0.15) is 17.8 Å². The first-order chi connectivity index (χ1) is 9.65. The highest BCUT2D eigenvalue weighted by molar-refractivity contribution is 5.94. The molecule has 0 bridgehead atoms. The molecule has 0 saturated heterocycles. The Morgan fingerprint density at radius 3 is 3.10 bits per heavy atom. The fourth-order valence-corrected chi connectivity index (χ4v) is 2.80. The summed E-state index contributed by atoms with van der Waals surface area (Å²) >= 11 is 0. The molecule has 1 unspecified atom stereocenters. The molecule has 1 aliphatic heterocycles. The van der Waals surface area contributed by atoms with Gasteiger partial charge in [-0.2, -0.15) is 0 Å². The van der Waals surface area contributed by atoms with Crippen molar-refractivity contribution in [2.75, 3.05) is 11.9 Å². The van der Waals surface area contributed by atoms with E-state index in [4.69, 9.17) is 0 Å². The lowest BCUT2D eigenvalue weighted by Gasteiger charge is -2.27. The van der Waals surface area contributed by atoms with Crippen molar-refractivity contribution in [3.63, 3.8) is 0 Å². The fraction of sp³-hybridized carbons (Fsp3) is 0.375. The molecule has 0 saturated carbocycles. The van der Waals surface area contributed by atoms with E-state index >= 15 is 0 Å².